The summed E-state index contributed by atoms with van der Waals surface area (Å²) >= 11 is 0. The zero-order valence-corrected chi connectivity index (χ0v) is 17.3. The summed E-state index contributed by atoms with van der Waals surface area (Å²) in [6.45, 7) is 11.3. The van der Waals surface area contributed by atoms with Crippen LogP contribution in [0.2, 0.25) is 0 Å². The number of nitrogens with zero attached hydrogens (tertiary/aromatic N) is 4. The van der Waals surface area contributed by atoms with Gasteiger partial charge in [-0.1, -0.05) is 45.9 Å². The van der Waals surface area contributed by atoms with E-state index < -0.39 is 0 Å². The van der Waals surface area contributed by atoms with Gasteiger partial charge < -0.3 is 10.6 Å². The topological polar surface area (TPSA) is 77.0 Å². The molecule has 0 fully saturated rings. The van der Waals surface area contributed by atoms with Crippen molar-refractivity contribution in [2.24, 2.45) is 11.1 Å². The fourth-order valence-electron chi connectivity index (χ4n) is 2.83. The molecule has 1 amide bonds. The van der Waals surface area contributed by atoms with Crippen LogP contribution in [0.15, 0.2) is 24.3 Å². The summed E-state index contributed by atoms with van der Waals surface area (Å²) in [5, 5.41) is 4.48. The number of benzene rings is 1. The van der Waals surface area contributed by atoms with Gasteiger partial charge in [0.2, 0.25) is 5.82 Å². The fourth-order valence-corrected chi connectivity index (χ4v) is 2.83. The molecule has 1 aromatic heterocycles. The lowest BCUT2D eigenvalue weighted by Gasteiger charge is -2.28. The van der Waals surface area contributed by atoms with Crippen molar-refractivity contribution >= 4 is 18.3 Å². The smallest absolute Gasteiger partial charge is 0.293 e. The molecule has 1 aromatic carbocycles. The first-order chi connectivity index (χ1) is 11.7. The third kappa shape index (κ3) is 4.83. The van der Waals surface area contributed by atoms with Gasteiger partial charge in [-0.2, -0.15) is 0 Å². The van der Waals surface area contributed by atoms with E-state index in [4.69, 9.17) is 5.73 Å². The molecule has 6 nitrogen and oxygen atoms in total. The number of carbonyl (C=O) groups excluding carboxylic acids is 1. The van der Waals surface area contributed by atoms with Crippen LogP contribution in [0, 0.1) is 12.3 Å². The number of carbonyl (C=O) groups is 1. The molecular formula is C19H30ClN5O. The third-order valence-electron chi connectivity index (χ3n) is 4.31. The SMILES string of the molecule is Cc1nc(C(=O)N(C)CC(C)(C)CN)nn1-c1ccccc1C(C)C.Cl. The number of rotatable bonds is 6. The van der Waals surface area contributed by atoms with E-state index in [1.54, 1.807) is 16.6 Å². The highest BCUT2D eigenvalue weighted by molar-refractivity contribution is 5.90. The Morgan fingerprint density at radius 2 is 1.92 bits per heavy atom. The van der Waals surface area contributed by atoms with Crippen molar-refractivity contribution in [1.29, 1.82) is 0 Å². The predicted octanol–water partition coefficient (Wildman–Crippen LogP) is 3.18. The molecule has 0 unspecified atom stereocenters. The van der Waals surface area contributed by atoms with Crippen molar-refractivity contribution in [3.05, 3.63) is 41.5 Å². The molecule has 7 heteroatoms. The van der Waals surface area contributed by atoms with Gasteiger partial charge >= 0.3 is 0 Å². The minimum absolute atomic E-state index is 0. The van der Waals surface area contributed by atoms with E-state index in [0.29, 0.717) is 24.8 Å². The molecule has 0 aliphatic heterocycles. The van der Waals surface area contributed by atoms with Crippen molar-refractivity contribution in [3.63, 3.8) is 0 Å². The van der Waals surface area contributed by atoms with E-state index in [1.807, 2.05) is 39.0 Å². The Labute approximate surface area is 162 Å². The van der Waals surface area contributed by atoms with Gasteiger partial charge in [0.05, 0.1) is 5.69 Å². The Hall–Kier alpha value is -1.92. The van der Waals surface area contributed by atoms with Gasteiger partial charge in [-0.15, -0.1) is 17.5 Å². The summed E-state index contributed by atoms with van der Waals surface area (Å²) in [5.74, 6) is 1.08. The minimum Gasteiger partial charge on any atom is -0.338 e. The monoisotopic (exact) mass is 379 g/mol. The van der Waals surface area contributed by atoms with Crippen LogP contribution in [0.25, 0.3) is 5.69 Å². The number of para-hydroxylation sites is 1. The maximum absolute atomic E-state index is 12.7. The van der Waals surface area contributed by atoms with Crippen LogP contribution in [0.3, 0.4) is 0 Å². The lowest BCUT2D eigenvalue weighted by atomic mass is 9.93. The summed E-state index contributed by atoms with van der Waals surface area (Å²) in [7, 11) is 1.76. The van der Waals surface area contributed by atoms with Crippen molar-refractivity contribution in [2.75, 3.05) is 20.1 Å². The lowest BCUT2D eigenvalue weighted by Crippen LogP contribution is -2.40. The van der Waals surface area contributed by atoms with Crippen LogP contribution < -0.4 is 5.73 Å². The number of aromatic nitrogens is 3. The van der Waals surface area contributed by atoms with Gasteiger partial charge in [-0.3, -0.25) is 4.79 Å². The first-order valence-corrected chi connectivity index (χ1v) is 8.65. The second kappa shape index (κ2) is 8.64. The average molecular weight is 380 g/mol. The molecule has 0 saturated heterocycles. The van der Waals surface area contributed by atoms with Gasteiger partial charge in [0.1, 0.15) is 5.82 Å². The van der Waals surface area contributed by atoms with E-state index in [1.165, 1.54) is 5.56 Å². The van der Waals surface area contributed by atoms with Crippen molar-refractivity contribution in [2.45, 2.75) is 40.5 Å². The van der Waals surface area contributed by atoms with Crippen molar-refractivity contribution in [1.82, 2.24) is 19.7 Å². The number of nitrogens with two attached hydrogens (primary N) is 1. The summed E-state index contributed by atoms with van der Waals surface area (Å²) in [5.41, 5.74) is 7.76. The van der Waals surface area contributed by atoms with Crippen LogP contribution >= 0.6 is 12.4 Å². The minimum atomic E-state index is -0.189. The highest BCUT2D eigenvalue weighted by Crippen LogP contribution is 2.23. The van der Waals surface area contributed by atoms with Crippen LogP contribution in [-0.2, 0) is 0 Å². The maximum Gasteiger partial charge on any atom is 0.293 e. The number of hydrogen-bond acceptors (Lipinski definition) is 4. The normalized spacial score (nSPS) is 11.4. The Kier molecular flexibility index (Phi) is 7.35. The first kappa shape index (κ1) is 22.1. The molecule has 2 rings (SSSR count). The van der Waals surface area contributed by atoms with E-state index in [-0.39, 0.29) is 29.6 Å². The Balaban J connectivity index is 0.00000338. The second-order valence-electron chi connectivity index (χ2n) is 7.64. The van der Waals surface area contributed by atoms with Crippen LogP contribution in [0.1, 0.15) is 55.6 Å². The quantitative estimate of drug-likeness (QED) is 0.836. The van der Waals surface area contributed by atoms with Gasteiger partial charge in [-0.25, -0.2) is 9.67 Å². The molecule has 2 N–H and O–H groups in total. The molecule has 144 valence electrons. The molecule has 0 spiro atoms. The molecule has 0 aliphatic rings. The van der Waals surface area contributed by atoms with Crippen molar-refractivity contribution in [3.8, 4) is 5.69 Å². The Bertz CT molecular complexity index is 754. The summed E-state index contributed by atoms with van der Waals surface area (Å²) < 4.78 is 1.75. The summed E-state index contributed by atoms with van der Waals surface area (Å²) in [6.07, 6.45) is 0. The van der Waals surface area contributed by atoms with Gasteiger partial charge in [0.15, 0.2) is 0 Å². The lowest BCUT2D eigenvalue weighted by molar-refractivity contribution is 0.0728. The largest absolute Gasteiger partial charge is 0.338 e. The number of amides is 1. The highest BCUT2D eigenvalue weighted by atomic mass is 35.5. The Morgan fingerprint density at radius 1 is 1.31 bits per heavy atom. The van der Waals surface area contributed by atoms with Gasteiger partial charge in [0, 0.05) is 13.6 Å². The zero-order chi connectivity index (χ0) is 18.8. The molecule has 0 radical (unpaired) electrons. The molecular weight excluding hydrogens is 350 g/mol. The molecule has 26 heavy (non-hydrogen) atoms. The van der Waals surface area contributed by atoms with E-state index in [9.17, 15) is 4.79 Å². The van der Waals surface area contributed by atoms with Gasteiger partial charge in [-0.05, 0) is 36.4 Å². The van der Waals surface area contributed by atoms with Crippen LogP contribution in [0.4, 0.5) is 0 Å². The summed E-state index contributed by atoms with van der Waals surface area (Å²) in [4.78, 5) is 18.7. The molecule has 0 aliphatic carbocycles. The molecule has 0 atom stereocenters. The first-order valence-electron chi connectivity index (χ1n) is 8.65. The second-order valence-corrected chi connectivity index (χ2v) is 7.64. The van der Waals surface area contributed by atoms with Crippen LogP contribution in [-0.4, -0.2) is 45.7 Å². The third-order valence-corrected chi connectivity index (χ3v) is 4.31. The molecule has 1 heterocycles. The standard InChI is InChI=1S/C19H29N5O.ClH/c1-13(2)15-9-7-8-10-16(15)24-14(3)21-17(22-24)18(25)23(6)12-19(4,5)11-20;/h7-10,13H,11-12,20H2,1-6H3;1H. The molecule has 2 aromatic rings. The van der Waals surface area contributed by atoms with E-state index in [2.05, 4.69) is 30.0 Å². The average Bonchev–Trinajstić information content (AvgIpc) is 2.95. The molecule has 0 bridgehead atoms. The number of halogens is 1. The predicted molar refractivity (Wildman–Crippen MR) is 107 cm³/mol. The number of aryl methyl sites for hydroxylation is 1. The Morgan fingerprint density at radius 3 is 2.50 bits per heavy atom. The summed E-state index contributed by atoms with van der Waals surface area (Å²) in [6, 6.07) is 8.07. The fraction of sp³-hybridized carbons (Fsp3) is 0.526. The van der Waals surface area contributed by atoms with Crippen molar-refractivity contribution < 1.29 is 4.79 Å². The highest BCUT2D eigenvalue weighted by Gasteiger charge is 2.25. The molecule has 0 saturated carbocycles. The van der Waals surface area contributed by atoms with E-state index >= 15 is 0 Å². The van der Waals surface area contributed by atoms with E-state index in [0.717, 1.165) is 5.69 Å². The zero-order valence-electron chi connectivity index (χ0n) is 16.5. The maximum atomic E-state index is 12.7. The van der Waals surface area contributed by atoms with Crippen LogP contribution in [0.5, 0.6) is 0 Å². The van der Waals surface area contributed by atoms with Gasteiger partial charge in [0.25, 0.3) is 5.91 Å². The number of hydrogen-bond donors (Lipinski definition) is 1.